The monoisotopic (exact) mass is 1280 g/mol. The molecule has 2 aliphatic heterocycles. The maximum absolute atomic E-state index is 15.1. The number of hydrogen-bond acceptors (Lipinski definition) is 12. The Bertz CT molecular complexity index is 3510. The minimum atomic E-state index is -1.22. The summed E-state index contributed by atoms with van der Waals surface area (Å²) in [6, 6.07) is 34.4. The number of benzene rings is 5. The molecule has 2 heterocycles. The summed E-state index contributed by atoms with van der Waals surface area (Å²) in [6.45, 7) is 7.27. The maximum Gasteiger partial charge on any atom is 0.408 e. The van der Waals surface area contributed by atoms with Crippen molar-refractivity contribution >= 4 is 53.5 Å². The topological polar surface area (TPSA) is 275 Å². The third kappa shape index (κ3) is 16.8. The van der Waals surface area contributed by atoms with Gasteiger partial charge in [0.2, 0.25) is 41.4 Å². The lowest BCUT2D eigenvalue weighted by atomic mass is 9.85. The molecule has 0 aromatic heterocycles. The largest absolute Gasteiger partial charge is 0.449 e. The number of aryl methyl sites for hydroxylation is 2. The van der Waals surface area contributed by atoms with Crippen LogP contribution in [0.1, 0.15) is 155 Å². The van der Waals surface area contributed by atoms with Gasteiger partial charge in [0.25, 0.3) is 0 Å². The van der Waals surface area contributed by atoms with Gasteiger partial charge in [0.15, 0.2) is 0 Å². The molecule has 0 unspecified atom stereocenters. The number of amides is 9. The predicted octanol–water partition coefficient (Wildman–Crippen LogP) is 7.47. The highest BCUT2D eigenvalue weighted by Gasteiger charge is 2.47. The Balaban J connectivity index is 0.765. The van der Waals surface area contributed by atoms with Crippen molar-refractivity contribution in [2.24, 2.45) is 5.41 Å². The van der Waals surface area contributed by atoms with E-state index in [9.17, 15) is 38.4 Å². The third-order valence-corrected chi connectivity index (χ3v) is 19.0. The van der Waals surface area contributed by atoms with E-state index in [1.165, 1.54) is 9.80 Å². The van der Waals surface area contributed by atoms with Gasteiger partial charge in [-0.1, -0.05) is 148 Å². The first-order valence-electron chi connectivity index (χ1n) is 33.3. The Kier molecular flexibility index (Phi) is 22.5. The number of fused-ring (bicyclic) bond motifs is 5. The molecule has 5 aliphatic rings. The zero-order valence-corrected chi connectivity index (χ0v) is 54.5. The molecule has 10 rings (SSSR count). The SMILES string of the molecule is CN[C@@H](C)C(=O)N[C@H](C(=O)N1C[C@@H](NC(=O)CCCC(=O)NCCC[C@H](NC(=O)OCc2ccccc2)C(=O)N2C[C@@H](NC(=O)OCC3c4ccccc4-c4ccccc43)C[C@H]2C(=O)N[C@@H]2CCCc3ccccc32)C[C@H]1C(=O)N[C@@H]1CCCc2ccccc21)C(C)(C)C. The molecule has 8 N–H and O–H groups in total. The minimum Gasteiger partial charge on any atom is -0.449 e. The quantitative estimate of drug-likeness (QED) is 0.0280. The van der Waals surface area contributed by atoms with E-state index in [0.717, 1.165) is 82.2 Å². The highest BCUT2D eigenvalue weighted by molar-refractivity contribution is 5.95. The third-order valence-electron chi connectivity index (χ3n) is 19.0. The lowest BCUT2D eigenvalue weighted by molar-refractivity contribution is -0.144. The number of carbonyl (C=O) groups is 9. The van der Waals surface area contributed by atoms with Crippen molar-refractivity contribution < 1.29 is 52.6 Å². The maximum atomic E-state index is 15.1. The molecule has 498 valence electrons. The van der Waals surface area contributed by atoms with Crippen LogP contribution >= 0.6 is 0 Å². The van der Waals surface area contributed by atoms with E-state index < -0.39 is 77.6 Å². The normalized spacial score (nSPS) is 20.5. The number of rotatable bonds is 24. The second-order valence-corrected chi connectivity index (χ2v) is 26.6. The van der Waals surface area contributed by atoms with Crippen LogP contribution in [0.2, 0.25) is 0 Å². The molecule has 9 amide bonds. The zero-order chi connectivity index (χ0) is 66.5. The number of ether oxygens (including phenoxy) is 2. The number of alkyl carbamates (subject to hydrolysis) is 2. The Hall–Kier alpha value is -9.11. The Morgan fingerprint density at radius 3 is 1.66 bits per heavy atom. The molecule has 0 spiro atoms. The fourth-order valence-electron chi connectivity index (χ4n) is 13.9. The molecule has 5 aromatic rings. The molecular weight excluding hydrogens is 1190 g/mol. The summed E-state index contributed by atoms with van der Waals surface area (Å²) in [5, 5.41) is 23.9. The van der Waals surface area contributed by atoms with Crippen molar-refractivity contribution in [3.63, 3.8) is 0 Å². The van der Waals surface area contributed by atoms with Gasteiger partial charge in [0.05, 0.1) is 24.2 Å². The summed E-state index contributed by atoms with van der Waals surface area (Å²) < 4.78 is 11.5. The van der Waals surface area contributed by atoms with Crippen molar-refractivity contribution in [2.45, 2.75) is 178 Å². The Morgan fingerprint density at radius 1 is 0.564 bits per heavy atom. The fourth-order valence-corrected chi connectivity index (χ4v) is 13.9. The van der Waals surface area contributed by atoms with Crippen LogP contribution in [0.5, 0.6) is 0 Å². The Labute approximate surface area is 550 Å². The number of hydrogen-bond donors (Lipinski definition) is 8. The zero-order valence-electron chi connectivity index (χ0n) is 54.5. The first-order valence-corrected chi connectivity index (χ1v) is 33.3. The number of carbonyl (C=O) groups excluding carboxylic acids is 9. The first-order chi connectivity index (χ1) is 45.3. The molecule has 21 heteroatoms. The minimum absolute atomic E-state index is 0.0187. The second-order valence-electron chi connectivity index (χ2n) is 26.6. The molecule has 94 heavy (non-hydrogen) atoms. The van der Waals surface area contributed by atoms with Crippen molar-refractivity contribution in [2.75, 3.05) is 33.3 Å². The van der Waals surface area contributed by atoms with E-state index >= 15 is 4.79 Å². The van der Waals surface area contributed by atoms with Gasteiger partial charge in [-0.3, -0.25) is 33.6 Å². The van der Waals surface area contributed by atoms with Gasteiger partial charge >= 0.3 is 12.2 Å². The van der Waals surface area contributed by atoms with E-state index in [1.54, 1.807) is 26.1 Å². The van der Waals surface area contributed by atoms with Crippen LogP contribution in [0.25, 0.3) is 11.1 Å². The summed E-state index contributed by atoms with van der Waals surface area (Å²) in [7, 11) is 1.65. The van der Waals surface area contributed by atoms with Gasteiger partial charge in [-0.15, -0.1) is 0 Å². The molecule has 0 bridgehead atoms. The van der Waals surface area contributed by atoms with Crippen LogP contribution in [0.4, 0.5) is 9.59 Å². The fraction of sp³-hybridized carbons (Fsp3) is 0.466. The van der Waals surface area contributed by atoms with Crippen LogP contribution in [-0.2, 0) is 62.5 Å². The molecule has 0 saturated carbocycles. The highest BCUT2D eigenvalue weighted by atomic mass is 16.6. The molecule has 5 aromatic carbocycles. The van der Waals surface area contributed by atoms with Gasteiger partial charge in [-0.05, 0) is 140 Å². The average molecular weight is 1280 g/mol. The number of likely N-dealkylation sites (tertiary alicyclic amines) is 2. The summed E-state index contributed by atoms with van der Waals surface area (Å²) in [5.41, 5.74) is 8.60. The highest BCUT2D eigenvalue weighted by Crippen LogP contribution is 2.45. The summed E-state index contributed by atoms with van der Waals surface area (Å²) >= 11 is 0. The van der Waals surface area contributed by atoms with Crippen molar-refractivity contribution in [1.29, 1.82) is 0 Å². The van der Waals surface area contributed by atoms with Crippen LogP contribution in [0.15, 0.2) is 127 Å². The van der Waals surface area contributed by atoms with Crippen LogP contribution in [0, 0.1) is 5.41 Å². The molecule has 2 saturated heterocycles. The van der Waals surface area contributed by atoms with Crippen molar-refractivity contribution in [3.8, 4) is 11.1 Å². The van der Waals surface area contributed by atoms with E-state index in [-0.39, 0.29) is 119 Å². The van der Waals surface area contributed by atoms with Crippen molar-refractivity contribution in [3.05, 3.63) is 166 Å². The lowest BCUT2D eigenvalue weighted by Gasteiger charge is -2.36. The lowest BCUT2D eigenvalue weighted by Crippen LogP contribution is -2.59. The van der Waals surface area contributed by atoms with Gasteiger partial charge in [0, 0.05) is 44.4 Å². The van der Waals surface area contributed by atoms with Crippen molar-refractivity contribution in [1.82, 2.24) is 52.3 Å². The van der Waals surface area contributed by atoms with E-state index in [2.05, 4.69) is 66.8 Å². The van der Waals surface area contributed by atoms with E-state index in [0.29, 0.717) is 6.42 Å². The molecule has 3 aliphatic carbocycles. The smallest absolute Gasteiger partial charge is 0.408 e. The predicted molar refractivity (Wildman–Crippen MR) is 354 cm³/mol. The van der Waals surface area contributed by atoms with Crippen LogP contribution < -0.4 is 42.5 Å². The molecule has 21 nitrogen and oxygen atoms in total. The second kappa shape index (κ2) is 31.2. The van der Waals surface area contributed by atoms with Crippen LogP contribution in [-0.4, -0.2) is 139 Å². The molecule has 9 atom stereocenters. The number of likely N-dealkylation sites (N-methyl/N-ethyl adjacent to an activating group) is 1. The molecule has 0 radical (unpaired) electrons. The standard InChI is InChI=1S/C73H90N10O11/c1-45(74-5)66(86)81-65(73(2,3)4)70(90)83-41-49(39-62(83)68(88)79-59-34-18-26-48-24-10-12-28-52(48)59)76-64(85)37-19-36-63(84)75-38-20-35-60(80-72(92)93-43-46-21-7-6-8-22-46)69(89)82-42-50(40-61(82)67(87)78-58-33-17-25-47-23-9-11-27-51(47)58)77-71(91)94-44-57-55-31-15-13-29-53(55)54-30-14-16-32-56(54)57/h6-16,21-24,27-32,45,49-50,57-62,65,74H,17-20,25-26,33-44H2,1-5H3,(H,75,84)(H,76,85)(H,77,91)(H,78,87)(H,79,88)(H,80,92)(H,81,86)/t45-,49-,50-,58+,59+,60-,61-,62-,65+/m0/s1. The molecule has 2 fully saturated rings. The van der Waals surface area contributed by atoms with Gasteiger partial charge < -0.3 is 61.8 Å². The Morgan fingerprint density at radius 2 is 1.09 bits per heavy atom. The van der Waals surface area contributed by atoms with E-state index in [4.69, 9.17) is 9.47 Å². The number of nitrogens with one attached hydrogen (secondary N) is 8. The van der Waals surface area contributed by atoms with Crippen LogP contribution in [0.3, 0.4) is 0 Å². The van der Waals surface area contributed by atoms with E-state index in [1.807, 2.05) is 112 Å². The first kappa shape index (κ1) is 67.8. The molecular formula is C73H90N10O11. The van der Waals surface area contributed by atoms with Gasteiger partial charge in [0.1, 0.15) is 37.4 Å². The summed E-state index contributed by atoms with van der Waals surface area (Å²) in [6.07, 6.45) is 3.94. The average Bonchev–Trinajstić information content (AvgIpc) is 1.61. The van der Waals surface area contributed by atoms with Gasteiger partial charge in [-0.25, -0.2) is 9.59 Å². The number of nitrogens with zero attached hydrogens (tertiary/aromatic N) is 2. The summed E-state index contributed by atoms with van der Waals surface area (Å²) in [5.74, 6) is -3.04. The summed E-state index contributed by atoms with van der Waals surface area (Å²) in [4.78, 5) is 129. The van der Waals surface area contributed by atoms with Gasteiger partial charge in [-0.2, -0.15) is 0 Å².